The van der Waals surface area contributed by atoms with E-state index in [9.17, 15) is 0 Å². The SMILES string of the molecule is c1ccc(-c2cc(-c3ccc(-c4ccc5ccc6c(-c7ccc(-c8cc(-c9ccccc9)cc9ccccc89)cc7)ccc7ccc4c5c76)cc3)c3ccccc3c2)cc1. The van der Waals surface area contributed by atoms with Crippen LogP contribution in [-0.2, 0) is 0 Å². The molecule has 0 N–H and O–H groups in total. The van der Waals surface area contributed by atoms with Gasteiger partial charge in [-0.15, -0.1) is 0 Å². The molecule has 12 aromatic carbocycles. The molecule has 0 aliphatic carbocycles. The zero-order valence-electron chi connectivity index (χ0n) is 32.9. The Morgan fingerprint density at radius 1 is 0.167 bits per heavy atom. The first-order valence-electron chi connectivity index (χ1n) is 20.8. The van der Waals surface area contributed by atoms with Crippen LogP contribution in [0.25, 0.3) is 121 Å². The second-order valence-corrected chi connectivity index (χ2v) is 16.0. The molecule has 0 heterocycles. The Morgan fingerprint density at radius 3 is 0.933 bits per heavy atom. The van der Waals surface area contributed by atoms with Crippen molar-refractivity contribution in [2.75, 3.05) is 0 Å². The fraction of sp³-hybridized carbons (Fsp3) is 0. The smallest absolute Gasteiger partial charge is 0.00203 e. The third-order valence-corrected chi connectivity index (χ3v) is 12.6. The Morgan fingerprint density at radius 2 is 0.517 bits per heavy atom. The summed E-state index contributed by atoms with van der Waals surface area (Å²) < 4.78 is 0. The topological polar surface area (TPSA) is 0 Å². The molecule has 0 aromatic heterocycles. The van der Waals surface area contributed by atoms with Crippen molar-refractivity contribution in [3.8, 4) is 66.8 Å². The maximum absolute atomic E-state index is 2.35. The second kappa shape index (κ2) is 13.9. The lowest BCUT2D eigenvalue weighted by molar-refractivity contribution is 1.61. The van der Waals surface area contributed by atoms with Gasteiger partial charge in [-0.2, -0.15) is 0 Å². The molecule has 0 bridgehead atoms. The summed E-state index contributed by atoms with van der Waals surface area (Å²) in [6.45, 7) is 0. The molecule has 60 heavy (non-hydrogen) atoms. The summed E-state index contributed by atoms with van der Waals surface area (Å²) in [7, 11) is 0. The molecule has 0 radical (unpaired) electrons. The summed E-state index contributed by atoms with van der Waals surface area (Å²) in [5.74, 6) is 0. The van der Waals surface area contributed by atoms with Gasteiger partial charge in [0.1, 0.15) is 0 Å². The highest BCUT2D eigenvalue weighted by molar-refractivity contribution is 6.27. The predicted octanol–water partition coefficient (Wildman–Crippen LogP) is 16.9. The zero-order chi connectivity index (χ0) is 39.6. The summed E-state index contributed by atoms with van der Waals surface area (Å²) in [6, 6.07) is 85.0. The van der Waals surface area contributed by atoms with E-state index < -0.39 is 0 Å². The van der Waals surface area contributed by atoms with Crippen molar-refractivity contribution in [3.63, 3.8) is 0 Å². The highest BCUT2D eigenvalue weighted by Gasteiger charge is 2.16. The fourth-order valence-corrected chi connectivity index (χ4v) is 9.66. The third-order valence-electron chi connectivity index (χ3n) is 12.6. The Bertz CT molecular complexity index is 3300. The molecule has 278 valence electrons. The van der Waals surface area contributed by atoms with E-state index in [1.165, 1.54) is 121 Å². The van der Waals surface area contributed by atoms with Crippen molar-refractivity contribution in [2.45, 2.75) is 0 Å². The standard InChI is InChI=1S/C60H38/c1-3-11-39(12-4-1)49-35-47-15-7-9-17-51(47)57(37-49)43-23-19-41(20-24-43)53-31-27-45-30-34-56-54(32-28-46-29-33-55(53)59(45)60(46)56)42-21-25-44(26-22-42)58-38-50(40-13-5-2-6-14-40)36-48-16-8-10-18-52(48)58/h1-38H. The van der Waals surface area contributed by atoms with Gasteiger partial charge in [0.15, 0.2) is 0 Å². The molecule has 0 atom stereocenters. The Hall–Kier alpha value is -7.80. The fourth-order valence-electron chi connectivity index (χ4n) is 9.66. The number of hydrogen-bond acceptors (Lipinski definition) is 0. The average molecular weight is 759 g/mol. The van der Waals surface area contributed by atoms with Crippen molar-refractivity contribution in [1.29, 1.82) is 0 Å². The first-order chi connectivity index (χ1) is 29.7. The first-order valence-corrected chi connectivity index (χ1v) is 20.8. The summed E-state index contributed by atoms with van der Waals surface area (Å²) in [6.07, 6.45) is 0. The lowest BCUT2D eigenvalue weighted by atomic mass is 9.86. The molecule has 0 unspecified atom stereocenters. The molecule has 0 saturated carbocycles. The van der Waals surface area contributed by atoms with Gasteiger partial charge in [-0.3, -0.25) is 0 Å². The normalized spacial score (nSPS) is 11.7. The van der Waals surface area contributed by atoms with Gasteiger partial charge in [0.2, 0.25) is 0 Å². The molecule has 0 nitrogen and oxygen atoms in total. The Balaban J connectivity index is 0.937. The maximum Gasteiger partial charge on any atom is -0.00203 e. The van der Waals surface area contributed by atoms with Crippen LogP contribution in [0.15, 0.2) is 231 Å². The van der Waals surface area contributed by atoms with Crippen LogP contribution >= 0.6 is 0 Å². The van der Waals surface area contributed by atoms with Crippen LogP contribution in [0, 0.1) is 0 Å². The van der Waals surface area contributed by atoms with Crippen LogP contribution in [0.1, 0.15) is 0 Å². The number of hydrogen-bond donors (Lipinski definition) is 0. The van der Waals surface area contributed by atoms with Crippen molar-refractivity contribution in [1.82, 2.24) is 0 Å². The molecule has 0 saturated heterocycles. The summed E-state index contributed by atoms with van der Waals surface area (Å²) in [4.78, 5) is 0. The van der Waals surface area contributed by atoms with E-state index in [2.05, 4.69) is 231 Å². The lowest BCUT2D eigenvalue weighted by Gasteiger charge is -2.17. The molecule has 0 aliphatic heterocycles. The largest absolute Gasteiger partial charge is 0.0622 e. The average Bonchev–Trinajstić information content (AvgIpc) is 3.33. The molecular formula is C60H38. The van der Waals surface area contributed by atoms with Gasteiger partial charge in [-0.1, -0.05) is 206 Å². The summed E-state index contributed by atoms with van der Waals surface area (Å²) >= 11 is 0. The summed E-state index contributed by atoms with van der Waals surface area (Å²) in [5, 5.41) is 12.8. The quantitative estimate of drug-likeness (QED) is 0.148. The summed E-state index contributed by atoms with van der Waals surface area (Å²) in [5.41, 5.74) is 14.8. The van der Waals surface area contributed by atoms with Gasteiger partial charge in [-0.25, -0.2) is 0 Å². The minimum absolute atomic E-state index is 1.22. The van der Waals surface area contributed by atoms with Gasteiger partial charge >= 0.3 is 0 Å². The van der Waals surface area contributed by atoms with Crippen LogP contribution in [0.3, 0.4) is 0 Å². The molecule has 12 aromatic rings. The lowest BCUT2D eigenvalue weighted by Crippen LogP contribution is -1.90. The van der Waals surface area contributed by atoms with Gasteiger partial charge in [-0.05, 0) is 145 Å². The van der Waals surface area contributed by atoms with Crippen LogP contribution in [0.4, 0.5) is 0 Å². The van der Waals surface area contributed by atoms with E-state index in [0.717, 1.165) is 0 Å². The molecular weight excluding hydrogens is 721 g/mol. The molecule has 0 spiro atoms. The zero-order valence-corrected chi connectivity index (χ0v) is 32.9. The van der Waals surface area contributed by atoms with E-state index in [4.69, 9.17) is 0 Å². The van der Waals surface area contributed by atoms with E-state index >= 15 is 0 Å². The number of fused-ring (bicyclic) bond motifs is 2. The minimum Gasteiger partial charge on any atom is -0.0622 e. The Labute approximate surface area is 349 Å². The van der Waals surface area contributed by atoms with Gasteiger partial charge in [0.05, 0.1) is 0 Å². The second-order valence-electron chi connectivity index (χ2n) is 16.0. The maximum atomic E-state index is 2.35. The van der Waals surface area contributed by atoms with Crippen molar-refractivity contribution < 1.29 is 0 Å². The minimum atomic E-state index is 1.22. The number of benzene rings is 12. The van der Waals surface area contributed by atoms with E-state index in [-0.39, 0.29) is 0 Å². The van der Waals surface area contributed by atoms with E-state index in [1.807, 2.05) is 0 Å². The molecule has 0 aliphatic rings. The van der Waals surface area contributed by atoms with Gasteiger partial charge in [0.25, 0.3) is 0 Å². The van der Waals surface area contributed by atoms with Gasteiger partial charge < -0.3 is 0 Å². The van der Waals surface area contributed by atoms with Crippen LogP contribution in [0.2, 0.25) is 0 Å². The monoisotopic (exact) mass is 758 g/mol. The van der Waals surface area contributed by atoms with Gasteiger partial charge in [0, 0.05) is 0 Å². The molecule has 0 heteroatoms. The molecule has 0 amide bonds. The van der Waals surface area contributed by atoms with Crippen LogP contribution in [-0.4, -0.2) is 0 Å². The van der Waals surface area contributed by atoms with Crippen molar-refractivity contribution in [2.24, 2.45) is 0 Å². The van der Waals surface area contributed by atoms with Crippen molar-refractivity contribution in [3.05, 3.63) is 231 Å². The number of rotatable bonds is 6. The molecule has 0 fully saturated rings. The van der Waals surface area contributed by atoms with Crippen LogP contribution in [0.5, 0.6) is 0 Å². The van der Waals surface area contributed by atoms with Crippen molar-refractivity contribution >= 4 is 53.9 Å². The predicted molar refractivity (Wildman–Crippen MR) is 258 cm³/mol. The molecule has 12 rings (SSSR count). The van der Waals surface area contributed by atoms with Crippen LogP contribution < -0.4 is 0 Å². The first kappa shape index (κ1) is 34.3. The van der Waals surface area contributed by atoms with E-state index in [0.29, 0.717) is 0 Å². The Kier molecular flexibility index (Phi) is 7.96. The van der Waals surface area contributed by atoms with E-state index in [1.54, 1.807) is 0 Å². The highest BCUT2D eigenvalue weighted by Crippen LogP contribution is 2.44. The third kappa shape index (κ3) is 5.69. The highest BCUT2D eigenvalue weighted by atomic mass is 14.2.